The molecule has 1 heterocycles. The fraction of sp³-hybridized carbons (Fsp3) is 0.545. The number of primary amides is 1. The second-order valence-corrected chi connectivity index (χ2v) is 4.29. The first-order valence-corrected chi connectivity index (χ1v) is 5.78. The fourth-order valence-electron chi connectivity index (χ4n) is 1.60. The van der Waals surface area contributed by atoms with Gasteiger partial charge in [-0.25, -0.2) is 4.98 Å². The molecule has 2 rings (SSSR count). The Kier molecular flexibility index (Phi) is 3.41. The summed E-state index contributed by atoms with van der Waals surface area (Å²) in [6.45, 7) is 0.587. The van der Waals surface area contributed by atoms with Gasteiger partial charge in [-0.3, -0.25) is 9.59 Å². The molecule has 0 unspecified atom stereocenters. The van der Waals surface area contributed by atoms with Gasteiger partial charge in [0.15, 0.2) is 0 Å². The molecule has 0 aliphatic heterocycles. The van der Waals surface area contributed by atoms with E-state index >= 15 is 0 Å². The number of H-pyrrole nitrogens is 1. The van der Waals surface area contributed by atoms with E-state index in [1.165, 1.54) is 6.07 Å². The normalized spacial score (nSPS) is 14.6. The molecule has 17 heavy (non-hydrogen) atoms. The van der Waals surface area contributed by atoms with Crippen LogP contribution in [0.4, 0.5) is 5.82 Å². The minimum atomic E-state index is -0.315. The SMILES string of the molecule is NC(=O)CCCNc1cc(=O)[nH]c(C2CC2)n1. The predicted molar refractivity (Wildman–Crippen MR) is 63.8 cm³/mol. The largest absolute Gasteiger partial charge is 0.370 e. The van der Waals surface area contributed by atoms with E-state index in [4.69, 9.17) is 5.73 Å². The van der Waals surface area contributed by atoms with E-state index in [-0.39, 0.29) is 11.5 Å². The standard InChI is InChI=1S/C11H16N4O2/c12-8(16)2-1-5-13-9-6-10(17)15-11(14-9)7-3-4-7/h6-7H,1-5H2,(H2,12,16)(H2,13,14,15,17). The molecule has 1 aliphatic carbocycles. The average molecular weight is 236 g/mol. The number of aromatic amines is 1. The molecule has 0 atom stereocenters. The van der Waals surface area contributed by atoms with Crippen LogP contribution in [0, 0.1) is 0 Å². The second-order valence-electron chi connectivity index (χ2n) is 4.29. The van der Waals surface area contributed by atoms with Crippen molar-refractivity contribution in [2.24, 2.45) is 5.73 Å². The Morgan fingerprint density at radius 3 is 3.00 bits per heavy atom. The third kappa shape index (κ3) is 3.58. The van der Waals surface area contributed by atoms with E-state index in [1.54, 1.807) is 0 Å². The third-order valence-electron chi connectivity index (χ3n) is 2.63. The van der Waals surface area contributed by atoms with Gasteiger partial charge in [0, 0.05) is 24.9 Å². The number of rotatable bonds is 6. The van der Waals surface area contributed by atoms with Gasteiger partial charge in [0.2, 0.25) is 5.91 Å². The summed E-state index contributed by atoms with van der Waals surface area (Å²) in [4.78, 5) is 29.0. The van der Waals surface area contributed by atoms with Crippen LogP contribution < -0.4 is 16.6 Å². The maximum Gasteiger partial charge on any atom is 0.252 e. The van der Waals surface area contributed by atoms with Gasteiger partial charge < -0.3 is 16.0 Å². The Bertz CT molecular complexity index is 465. The zero-order valence-corrected chi connectivity index (χ0v) is 9.53. The number of nitrogens with one attached hydrogen (secondary N) is 2. The quantitative estimate of drug-likeness (QED) is 0.619. The van der Waals surface area contributed by atoms with Crippen LogP contribution in [0.2, 0.25) is 0 Å². The lowest BCUT2D eigenvalue weighted by molar-refractivity contribution is -0.118. The fourth-order valence-corrected chi connectivity index (χ4v) is 1.60. The van der Waals surface area contributed by atoms with E-state index in [1.807, 2.05) is 0 Å². The van der Waals surface area contributed by atoms with Crippen molar-refractivity contribution in [1.82, 2.24) is 9.97 Å². The van der Waals surface area contributed by atoms with E-state index in [2.05, 4.69) is 15.3 Å². The number of hydrogen-bond donors (Lipinski definition) is 3. The Hall–Kier alpha value is -1.85. The summed E-state index contributed by atoms with van der Waals surface area (Å²) >= 11 is 0. The maximum absolute atomic E-state index is 11.4. The highest BCUT2D eigenvalue weighted by atomic mass is 16.1. The molecule has 0 radical (unpaired) electrons. The topological polar surface area (TPSA) is 101 Å². The molecule has 1 aliphatic rings. The molecule has 6 nitrogen and oxygen atoms in total. The second kappa shape index (κ2) is 4.99. The van der Waals surface area contributed by atoms with Crippen molar-refractivity contribution in [3.63, 3.8) is 0 Å². The summed E-state index contributed by atoms with van der Waals surface area (Å²) in [5.74, 6) is 1.43. The molecule has 6 heteroatoms. The first kappa shape index (κ1) is 11.6. The van der Waals surface area contributed by atoms with Crippen molar-refractivity contribution >= 4 is 11.7 Å². The number of anilines is 1. The molecule has 0 bridgehead atoms. The van der Waals surface area contributed by atoms with Crippen LogP contribution in [-0.2, 0) is 4.79 Å². The Balaban J connectivity index is 1.91. The molecule has 1 aromatic rings. The zero-order chi connectivity index (χ0) is 12.3. The zero-order valence-electron chi connectivity index (χ0n) is 9.53. The molecule has 0 saturated heterocycles. The summed E-state index contributed by atoms with van der Waals surface area (Å²) in [5, 5.41) is 3.02. The van der Waals surface area contributed by atoms with Crippen molar-refractivity contribution in [2.45, 2.75) is 31.6 Å². The lowest BCUT2D eigenvalue weighted by atomic mass is 10.3. The monoisotopic (exact) mass is 236 g/mol. The van der Waals surface area contributed by atoms with Gasteiger partial charge in [-0.15, -0.1) is 0 Å². The highest BCUT2D eigenvalue weighted by Crippen LogP contribution is 2.37. The minimum Gasteiger partial charge on any atom is -0.370 e. The molecular weight excluding hydrogens is 220 g/mol. The number of carbonyl (C=O) groups is 1. The van der Waals surface area contributed by atoms with Crippen LogP contribution >= 0.6 is 0 Å². The van der Waals surface area contributed by atoms with E-state index in [0.717, 1.165) is 18.7 Å². The summed E-state index contributed by atoms with van der Waals surface area (Å²) in [6, 6.07) is 1.43. The highest BCUT2D eigenvalue weighted by Gasteiger charge is 2.26. The molecule has 1 saturated carbocycles. The summed E-state index contributed by atoms with van der Waals surface area (Å²) in [6.07, 6.45) is 3.16. The average Bonchev–Trinajstić information content (AvgIpc) is 3.07. The van der Waals surface area contributed by atoms with Crippen LogP contribution in [0.3, 0.4) is 0 Å². The number of amides is 1. The maximum atomic E-state index is 11.4. The Morgan fingerprint density at radius 2 is 2.35 bits per heavy atom. The van der Waals surface area contributed by atoms with Crippen LogP contribution in [-0.4, -0.2) is 22.4 Å². The van der Waals surface area contributed by atoms with Crippen molar-refractivity contribution in [3.05, 3.63) is 22.2 Å². The van der Waals surface area contributed by atoms with Gasteiger partial charge in [-0.05, 0) is 19.3 Å². The van der Waals surface area contributed by atoms with Crippen molar-refractivity contribution in [1.29, 1.82) is 0 Å². The van der Waals surface area contributed by atoms with Gasteiger partial charge in [-0.2, -0.15) is 0 Å². The van der Waals surface area contributed by atoms with Gasteiger partial charge in [0.1, 0.15) is 11.6 Å². The molecule has 0 aromatic carbocycles. The number of nitrogens with two attached hydrogens (primary N) is 1. The highest BCUT2D eigenvalue weighted by molar-refractivity contribution is 5.73. The van der Waals surface area contributed by atoms with E-state index in [9.17, 15) is 9.59 Å². The minimum absolute atomic E-state index is 0.140. The van der Waals surface area contributed by atoms with E-state index < -0.39 is 0 Å². The van der Waals surface area contributed by atoms with Gasteiger partial charge in [0.05, 0.1) is 0 Å². The summed E-state index contributed by atoms with van der Waals surface area (Å²) < 4.78 is 0. The van der Waals surface area contributed by atoms with Crippen LogP contribution in [0.1, 0.15) is 37.4 Å². The molecular formula is C11H16N4O2. The molecule has 4 N–H and O–H groups in total. The summed E-state index contributed by atoms with van der Waals surface area (Å²) in [5.41, 5.74) is 4.89. The molecule has 0 spiro atoms. The lowest BCUT2D eigenvalue weighted by Gasteiger charge is -2.05. The number of carbonyl (C=O) groups excluding carboxylic acids is 1. The first-order chi connectivity index (χ1) is 8.15. The smallest absolute Gasteiger partial charge is 0.252 e. The van der Waals surface area contributed by atoms with Gasteiger partial charge in [-0.1, -0.05) is 0 Å². The molecule has 1 fully saturated rings. The first-order valence-electron chi connectivity index (χ1n) is 5.78. The van der Waals surface area contributed by atoms with Crippen molar-refractivity contribution < 1.29 is 4.79 Å². The van der Waals surface area contributed by atoms with Crippen LogP contribution in [0.5, 0.6) is 0 Å². The number of hydrogen-bond acceptors (Lipinski definition) is 4. The number of aromatic nitrogens is 2. The van der Waals surface area contributed by atoms with Gasteiger partial charge >= 0.3 is 0 Å². The number of nitrogens with zero attached hydrogens (tertiary/aromatic N) is 1. The van der Waals surface area contributed by atoms with E-state index in [0.29, 0.717) is 31.1 Å². The van der Waals surface area contributed by atoms with Crippen LogP contribution in [0.25, 0.3) is 0 Å². The molecule has 1 amide bonds. The molecule has 1 aromatic heterocycles. The Morgan fingerprint density at radius 1 is 1.59 bits per heavy atom. The third-order valence-corrected chi connectivity index (χ3v) is 2.63. The predicted octanol–water partition coefficient (Wildman–Crippen LogP) is 0.325. The summed E-state index contributed by atoms with van der Waals surface area (Å²) in [7, 11) is 0. The van der Waals surface area contributed by atoms with Crippen LogP contribution in [0.15, 0.2) is 10.9 Å². The Labute approximate surface area is 98.6 Å². The van der Waals surface area contributed by atoms with Crippen molar-refractivity contribution in [3.8, 4) is 0 Å². The van der Waals surface area contributed by atoms with Gasteiger partial charge in [0.25, 0.3) is 5.56 Å². The molecule has 92 valence electrons. The lowest BCUT2D eigenvalue weighted by Crippen LogP contribution is -2.16. The van der Waals surface area contributed by atoms with Crippen molar-refractivity contribution in [2.75, 3.05) is 11.9 Å².